The summed E-state index contributed by atoms with van der Waals surface area (Å²) in [4.78, 5) is 15.1. The minimum atomic E-state index is 0. The summed E-state index contributed by atoms with van der Waals surface area (Å²) in [6.45, 7) is 12.3. The average Bonchev–Trinajstić information content (AvgIpc) is 3.21. The number of nitrogens with zero attached hydrogens (tertiary/aromatic N) is 5. The average molecular weight is 517 g/mol. The molecule has 7 nitrogen and oxygen atoms in total. The van der Waals surface area contributed by atoms with Crippen LogP contribution in [0.2, 0.25) is 0 Å². The van der Waals surface area contributed by atoms with Crippen LogP contribution in [0.5, 0.6) is 0 Å². The van der Waals surface area contributed by atoms with Gasteiger partial charge in [-0.1, -0.05) is 27.7 Å². The predicted octanol–water partition coefficient (Wildman–Crippen LogP) is 3.59. The zero-order valence-electron chi connectivity index (χ0n) is 17.6. The lowest BCUT2D eigenvalue weighted by atomic mass is 10.1. The molecule has 0 saturated carbocycles. The maximum absolute atomic E-state index is 4.76. The van der Waals surface area contributed by atoms with E-state index in [2.05, 4.69) is 60.3 Å². The molecule has 0 aliphatic carbocycles. The molecule has 0 amide bonds. The van der Waals surface area contributed by atoms with Crippen molar-refractivity contribution in [2.75, 3.05) is 7.05 Å². The molecule has 156 valence electrons. The smallest absolute Gasteiger partial charge is 0.191 e. The number of nitrogens with one attached hydrogen (secondary N) is 2. The summed E-state index contributed by atoms with van der Waals surface area (Å²) >= 11 is 1.76. The SMILES string of the molecule is CN=C(NCc1nc(C(C)C)c(C)s1)NC1CCc2nc(C(C)C)nn2C1.I. The van der Waals surface area contributed by atoms with Crippen molar-refractivity contribution in [1.82, 2.24) is 30.4 Å². The highest BCUT2D eigenvalue weighted by molar-refractivity contribution is 14.0. The first-order valence-corrected chi connectivity index (χ1v) is 10.6. The van der Waals surface area contributed by atoms with Crippen molar-refractivity contribution >= 4 is 41.3 Å². The van der Waals surface area contributed by atoms with E-state index in [0.29, 0.717) is 24.4 Å². The number of aryl methyl sites for hydroxylation is 2. The van der Waals surface area contributed by atoms with Gasteiger partial charge in [-0.05, 0) is 19.3 Å². The van der Waals surface area contributed by atoms with Crippen LogP contribution in [0.25, 0.3) is 0 Å². The molecule has 0 spiro atoms. The van der Waals surface area contributed by atoms with Crippen LogP contribution in [0.4, 0.5) is 0 Å². The van der Waals surface area contributed by atoms with Gasteiger partial charge in [-0.15, -0.1) is 35.3 Å². The monoisotopic (exact) mass is 517 g/mol. The van der Waals surface area contributed by atoms with Gasteiger partial charge in [0.2, 0.25) is 0 Å². The molecule has 1 atom stereocenters. The second-order valence-corrected chi connectivity index (χ2v) is 9.02. The number of halogens is 1. The molecule has 3 heterocycles. The van der Waals surface area contributed by atoms with Crippen LogP contribution >= 0.6 is 35.3 Å². The van der Waals surface area contributed by atoms with Gasteiger partial charge in [0.15, 0.2) is 11.8 Å². The van der Waals surface area contributed by atoms with E-state index in [-0.39, 0.29) is 24.0 Å². The Hall–Kier alpha value is -1.23. The molecule has 9 heteroatoms. The van der Waals surface area contributed by atoms with E-state index in [9.17, 15) is 0 Å². The van der Waals surface area contributed by atoms with Gasteiger partial charge < -0.3 is 10.6 Å². The summed E-state index contributed by atoms with van der Waals surface area (Å²) in [6.07, 6.45) is 1.97. The molecule has 0 saturated heterocycles. The maximum Gasteiger partial charge on any atom is 0.191 e. The van der Waals surface area contributed by atoms with E-state index >= 15 is 0 Å². The quantitative estimate of drug-likeness (QED) is 0.360. The summed E-state index contributed by atoms with van der Waals surface area (Å²) in [5, 5.41) is 12.7. The zero-order valence-corrected chi connectivity index (χ0v) is 20.8. The van der Waals surface area contributed by atoms with E-state index in [1.165, 1.54) is 10.6 Å². The Morgan fingerprint density at radius 1 is 1.25 bits per heavy atom. The number of hydrogen-bond acceptors (Lipinski definition) is 5. The lowest BCUT2D eigenvalue weighted by Gasteiger charge is -2.25. The molecule has 3 rings (SSSR count). The van der Waals surface area contributed by atoms with Crippen LogP contribution in [0.15, 0.2) is 4.99 Å². The molecular formula is C19H32IN7S. The van der Waals surface area contributed by atoms with Crippen molar-refractivity contribution in [2.45, 2.75) is 78.4 Å². The fraction of sp³-hybridized carbons (Fsp3) is 0.684. The van der Waals surface area contributed by atoms with Gasteiger partial charge in [-0.25, -0.2) is 14.6 Å². The Morgan fingerprint density at radius 2 is 2.00 bits per heavy atom. The lowest BCUT2D eigenvalue weighted by molar-refractivity contribution is 0.391. The second-order valence-electron chi connectivity index (χ2n) is 7.73. The summed E-state index contributed by atoms with van der Waals surface area (Å²) in [6, 6.07) is 0.301. The molecule has 0 fully saturated rings. The third-order valence-corrected chi connectivity index (χ3v) is 5.77. The van der Waals surface area contributed by atoms with Gasteiger partial charge in [0.1, 0.15) is 10.8 Å². The first-order valence-electron chi connectivity index (χ1n) is 9.74. The molecule has 0 radical (unpaired) electrons. The Kier molecular flexibility index (Phi) is 8.23. The number of thiazole rings is 1. The highest BCUT2D eigenvalue weighted by Crippen LogP contribution is 2.24. The molecule has 2 aromatic rings. The molecule has 1 aliphatic rings. The fourth-order valence-corrected chi connectivity index (χ4v) is 4.34. The Bertz CT molecular complexity index is 809. The number of aromatic nitrogens is 4. The van der Waals surface area contributed by atoms with E-state index < -0.39 is 0 Å². The molecule has 0 aromatic carbocycles. The first-order chi connectivity index (χ1) is 12.9. The molecule has 2 aromatic heterocycles. The number of aliphatic imine (C=N–C) groups is 1. The van der Waals surface area contributed by atoms with Gasteiger partial charge in [0, 0.05) is 30.3 Å². The molecule has 1 aliphatic heterocycles. The number of hydrogen-bond donors (Lipinski definition) is 2. The molecule has 0 bridgehead atoms. The van der Waals surface area contributed by atoms with Crippen LogP contribution < -0.4 is 10.6 Å². The number of guanidine groups is 1. The highest BCUT2D eigenvalue weighted by Gasteiger charge is 2.23. The standard InChI is InChI=1S/C19H31N7S.HI/c1-11(2)17-13(5)27-16(24-17)9-21-19(20-6)22-14-7-8-15-23-18(12(3)4)25-26(15)10-14;/h11-12,14H,7-10H2,1-6H3,(H2,20,21,22);1H. The van der Waals surface area contributed by atoms with E-state index in [0.717, 1.165) is 42.0 Å². The van der Waals surface area contributed by atoms with Gasteiger partial charge in [-0.3, -0.25) is 4.99 Å². The number of rotatable bonds is 5. The van der Waals surface area contributed by atoms with Crippen molar-refractivity contribution in [3.05, 3.63) is 27.2 Å². The minimum Gasteiger partial charge on any atom is -0.352 e. The van der Waals surface area contributed by atoms with E-state index in [1.54, 1.807) is 11.3 Å². The maximum atomic E-state index is 4.76. The van der Waals surface area contributed by atoms with Crippen LogP contribution in [-0.2, 0) is 19.5 Å². The first kappa shape index (κ1) is 23.1. The zero-order chi connectivity index (χ0) is 19.6. The van der Waals surface area contributed by atoms with Gasteiger partial charge in [0.25, 0.3) is 0 Å². The highest BCUT2D eigenvalue weighted by atomic mass is 127. The third kappa shape index (κ3) is 5.43. The van der Waals surface area contributed by atoms with Crippen molar-refractivity contribution < 1.29 is 0 Å². The molecule has 1 unspecified atom stereocenters. The van der Waals surface area contributed by atoms with E-state index in [4.69, 9.17) is 4.98 Å². The molecule has 2 N–H and O–H groups in total. The topological polar surface area (TPSA) is 80.0 Å². The van der Waals surface area contributed by atoms with Crippen LogP contribution in [0.3, 0.4) is 0 Å². The van der Waals surface area contributed by atoms with Crippen molar-refractivity contribution in [2.24, 2.45) is 4.99 Å². The molecule has 28 heavy (non-hydrogen) atoms. The minimum absolute atomic E-state index is 0. The van der Waals surface area contributed by atoms with Crippen LogP contribution in [0, 0.1) is 6.92 Å². The Balaban J connectivity index is 0.00000280. The van der Waals surface area contributed by atoms with Crippen LogP contribution in [-0.4, -0.2) is 38.8 Å². The number of fused-ring (bicyclic) bond motifs is 1. The summed E-state index contributed by atoms with van der Waals surface area (Å²) in [7, 11) is 1.81. The summed E-state index contributed by atoms with van der Waals surface area (Å²) in [5.74, 6) is 3.67. The van der Waals surface area contributed by atoms with E-state index in [1.807, 2.05) is 11.7 Å². The predicted molar refractivity (Wildman–Crippen MR) is 126 cm³/mol. The van der Waals surface area contributed by atoms with Gasteiger partial charge in [0.05, 0.1) is 18.8 Å². The van der Waals surface area contributed by atoms with Crippen molar-refractivity contribution in [3.8, 4) is 0 Å². The fourth-order valence-electron chi connectivity index (χ4n) is 3.31. The van der Waals surface area contributed by atoms with Crippen molar-refractivity contribution in [3.63, 3.8) is 0 Å². The van der Waals surface area contributed by atoms with Gasteiger partial charge >= 0.3 is 0 Å². The molecular weight excluding hydrogens is 485 g/mol. The van der Waals surface area contributed by atoms with Gasteiger partial charge in [-0.2, -0.15) is 5.10 Å². The summed E-state index contributed by atoms with van der Waals surface area (Å²) in [5.41, 5.74) is 1.20. The Morgan fingerprint density at radius 3 is 2.61 bits per heavy atom. The second kappa shape index (κ2) is 10.00. The largest absolute Gasteiger partial charge is 0.352 e. The third-order valence-electron chi connectivity index (χ3n) is 4.79. The Labute approximate surface area is 188 Å². The lowest BCUT2D eigenvalue weighted by Crippen LogP contribution is -2.46. The normalized spacial score (nSPS) is 16.9. The van der Waals surface area contributed by atoms with Crippen molar-refractivity contribution in [1.29, 1.82) is 0 Å². The van der Waals surface area contributed by atoms with Crippen LogP contribution in [0.1, 0.15) is 73.2 Å². The summed E-state index contributed by atoms with van der Waals surface area (Å²) < 4.78 is 2.04.